The molecule has 0 aromatic rings. The van der Waals surface area contributed by atoms with Gasteiger partial charge in [-0.15, -0.1) is 13.2 Å². The second-order valence-electron chi connectivity index (χ2n) is 7.61. The first-order chi connectivity index (χ1) is 13.7. The Morgan fingerprint density at radius 1 is 1.41 bits per heavy atom. The molecular weight excluding hydrogens is 388 g/mol. The number of hydrogen-bond acceptors (Lipinski definition) is 5. The Morgan fingerprint density at radius 3 is 2.62 bits per heavy atom. The smallest absolute Gasteiger partial charge is 0.279 e. The normalized spacial score (nSPS) is 29.3. The summed E-state index contributed by atoms with van der Waals surface area (Å²) >= 11 is 1.13. The summed E-state index contributed by atoms with van der Waals surface area (Å²) in [5, 5.41) is 16.3. The lowest BCUT2D eigenvalue weighted by Gasteiger charge is -2.43. The molecule has 29 heavy (non-hydrogen) atoms. The number of unbranched alkanes of at least 4 members (excludes halogenated alkanes) is 1. The average Bonchev–Trinajstić information content (AvgIpc) is 3.07. The number of thioether (sulfide) groups is 1. The van der Waals surface area contributed by atoms with Gasteiger partial charge in [-0.05, 0) is 39.5 Å². The van der Waals surface area contributed by atoms with Crippen LogP contribution >= 0.6 is 11.8 Å². The topological polar surface area (TPSA) is 87.7 Å². The van der Waals surface area contributed by atoms with Crippen molar-refractivity contribution in [3.05, 3.63) is 37.0 Å². The van der Waals surface area contributed by atoms with Crippen molar-refractivity contribution in [2.75, 3.05) is 5.75 Å². The molecule has 2 rings (SSSR count). The third kappa shape index (κ3) is 9.19. The van der Waals surface area contributed by atoms with Crippen molar-refractivity contribution in [2.24, 2.45) is 0 Å². The van der Waals surface area contributed by atoms with E-state index in [1.807, 2.05) is 26.0 Å². The summed E-state index contributed by atoms with van der Waals surface area (Å²) in [6.07, 6.45) is 10.0. The van der Waals surface area contributed by atoms with Gasteiger partial charge >= 0.3 is 0 Å². The molecule has 2 aliphatic heterocycles. The Labute approximate surface area is 179 Å². The third-order valence-corrected chi connectivity index (χ3v) is 5.62. The monoisotopic (exact) mass is 424 g/mol. The Bertz CT molecular complexity index is 608. The summed E-state index contributed by atoms with van der Waals surface area (Å²) in [6, 6.07) is -0.653. The predicted octanol–water partition coefficient (Wildman–Crippen LogP) is 4.07. The highest BCUT2D eigenvalue weighted by Gasteiger charge is 2.48. The molecule has 0 spiro atoms. The van der Waals surface area contributed by atoms with Gasteiger partial charge in [0.25, 0.3) is 5.24 Å². The fraction of sp³-hybridized carbons (Fsp3) is 0.636. The maximum Gasteiger partial charge on any atom is 0.279 e. The number of allylic oxidation sites excluding steroid dienone is 3. The van der Waals surface area contributed by atoms with Crippen molar-refractivity contribution in [2.45, 2.75) is 83.3 Å². The second kappa shape index (κ2) is 12.9. The Balaban J connectivity index is 0.000000749. The minimum atomic E-state index is -1.45. The van der Waals surface area contributed by atoms with Gasteiger partial charge in [-0.3, -0.25) is 9.59 Å². The quantitative estimate of drug-likeness (QED) is 0.404. The molecule has 2 saturated heterocycles. The summed E-state index contributed by atoms with van der Waals surface area (Å²) in [6.45, 7) is 13.1. The molecule has 3 N–H and O–H groups in total. The molecule has 6 nitrogen and oxygen atoms in total. The molecule has 7 heteroatoms. The molecule has 0 radical (unpaired) electrons. The van der Waals surface area contributed by atoms with E-state index in [2.05, 4.69) is 30.7 Å². The first kappa shape index (κ1) is 25.5. The summed E-state index contributed by atoms with van der Waals surface area (Å²) in [7, 11) is 0. The number of amides is 2. The van der Waals surface area contributed by atoms with E-state index < -0.39 is 11.8 Å². The highest BCUT2D eigenvalue weighted by Crippen LogP contribution is 2.33. The summed E-state index contributed by atoms with van der Waals surface area (Å²) in [5.41, 5.74) is 0.988. The summed E-state index contributed by atoms with van der Waals surface area (Å²) in [5.74, 6) is -1.15. The van der Waals surface area contributed by atoms with Crippen molar-refractivity contribution >= 4 is 22.9 Å². The molecule has 2 aliphatic rings. The van der Waals surface area contributed by atoms with Gasteiger partial charge in [0.15, 0.2) is 5.79 Å². The van der Waals surface area contributed by atoms with Crippen molar-refractivity contribution in [3.8, 4) is 0 Å². The van der Waals surface area contributed by atoms with Crippen LogP contribution in [0.2, 0.25) is 0 Å². The highest BCUT2D eigenvalue weighted by molar-refractivity contribution is 8.14. The third-order valence-electron chi connectivity index (χ3n) is 4.74. The molecule has 0 saturated carbocycles. The van der Waals surface area contributed by atoms with Gasteiger partial charge in [0, 0.05) is 24.3 Å². The van der Waals surface area contributed by atoms with E-state index in [-0.39, 0.29) is 29.7 Å². The molecule has 0 aromatic carbocycles. The molecule has 0 unspecified atom stereocenters. The molecule has 164 valence electrons. The summed E-state index contributed by atoms with van der Waals surface area (Å²) < 4.78 is 5.70. The lowest BCUT2D eigenvalue weighted by Crippen LogP contribution is -2.60. The average molecular weight is 425 g/mol. The van der Waals surface area contributed by atoms with Gasteiger partial charge in [-0.25, -0.2) is 0 Å². The number of rotatable bonds is 8. The van der Waals surface area contributed by atoms with E-state index in [1.165, 1.54) is 6.42 Å². The molecule has 2 heterocycles. The molecule has 0 aromatic heterocycles. The van der Waals surface area contributed by atoms with E-state index in [0.717, 1.165) is 36.6 Å². The number of carbonyl (C=O) groups excluding carboxylic acids is 2. The first-order valence-electron chi connectivity index (χ1n) is 10.3. The zero-order valence-corrected chi connectivity index (χ0v) is 18.7. The van der Waals surface area contributed by atoms with E-state index in [0.29, 0.717) is 12.2 Å². The van der Waals surface area contributed by atoms with E-state index in [1.54, 1.807) is 6.08 Å². The Hall–Kier alpha value is -1.57. The number of carbonyl (C=O) groups is 2. The molecular formula is C22H36N2O4S. The number of nitrogens with one attached hydrogen (secondary N) is 2. The molecule has 0 bridgehead atoms. The van der Waals surface area contributed by atoms with Crippen LogP contribution in [0.25, 0.3) is 0 Å². The minimum Gasteiger partial charge on any atom is -0.364 e. The van der Waals surface area contributed by atoms with Crippen LogP contribution in [-0.2, 0) is 9.53 Å². The van der Waals surface area contributed by atoms with Crippen LogP contribution in [0.4, 0.5) is 4.79 Å². The largest absolute Gasteiger partial charge is 0.364 e. The zero-order chi connectivity index (χ0) is 21.9. The van der Waals surface area contributed by atoms with Gasteiger partial charge in [0.1, 0.15) is 0 Å². The lowest BCUT2D eigenvalue weighted by molar-refractivity contribution is -0.264. The van der Waals surface area contributed by atoms with Crippen LogP contribution in [0, 0.1) is 0 Å². The van der Waals surface area contributed by atoms with Crippen LogP contribution in [0.1, 0.15) is 59.3 Å². The standard InChI is InChI=1S/C17H26N2O4S.C5H10/c1-4-5-6-11(2)7-15(20)18-13-8-12(3)23-17(22,9-13)14-10-24-16(21)19-14;1-3-5-4-2/h4,7,12-14,22H,1,5-6,8-10H2,2-3H3,(H,18,20)(H,19,21);3H,1,4-5H2,2H3/b11-7-;/t12-,13-,14+,17-;/m1./s1. The zero-order valence-electron chi connectivity index (χ0n) is 17.9. The van der Waals surface area contributed by atoms with Crippen LogP contribution in [-0.4, -0.2) is 46.0 Å². The van der Waals surface area contributed by atoms with E-state index in [4.69, 9.17) is 4.74 Å². The second-order valence-corrected chi connectivity index (χ2v) is 8.60. The lowest BCUT2D eigenvalue weighted by atomic mass is 9.92. The number of aliphatic hydroxyl groups is 1. The fourth-order valence-corrected chi connectivity index (χ4v) is 4.20. The van der Waals surface area contributed by atoms with Crippen LogP contribution in [0.3, 0.4) is 0 Å². The van der Waals surface area contributed by atoms with Crippen molar-refractivity contribution in [3.63, 3.8) is 0 Å². The molecule has 0 aliphatic carbocycles. The van der Waals surface area contributed by atoms with Gasteiger partial charge in [-0.1, -0.05) is 42.8 Å². The Morgan fingerprint density at radius 2 is 2.10 bits per heavy atom. The number of hydrogen-bond donors (Lipinski definition) is 3. The predicted molar refractivity (Wildman–Crippen MR) is 120 cm³/mol. The van der Waals surface area contributed by atoms with Crippen molar-refractivity contribution < 1.29 is 19.4 Å². The minimum absolute atomic E-state index is 0.156. The maximum absolute atomic E-state index is 12.2. The van der Waals surface area contributed by atoms with Crippen LogP contribution in [0.5, 0.6) is 0 Å². The molecule has 2 fully saturated rings. The van der Waals surface area contributed by atoms with Crippen LogP contribution < -0.4 is 10.6 Å². The highest BCUT2D eigenvalue weighted by atomic mass is 32.2. The SMILES string of the molecule is C=CCC/C(C)=C\C(=O)N[C@@H]1C[C@@H](C)O[C@@](O)([C@@H]2CSC(=O)N2)C1.C=CCCC. The van der Waals surface area contributed by atoms with E-state index >= 15 is 0 Å². The fourth-order valence-electron chi connectivity index (χ4n) is 3.32. The molecule has 2 amide bonds. The van der Waals surface area contributed by atoms with E-state index in [9.17, 15) is 14.7 Å². The van der Waals surface area contributed by atoms with Gasteiger partial charge < -0.3 is 20.5 Å². The Kier molecular flexibility index (Phi) is 11.3. The van der Waals surface area contributed by atoms with Gasteiger partial charge in [0.05, 0.1) is 12.1 Å². The van der Waals surface area contributed by atoms with Gasteiger partial charge in [-0.2, -0.15) is 0 Å². The maximum atomic E-state index is 12.2. The number of ether oxygens (including phenoxy) is 1. The van der Waals surface area contributed by atoms with Gasteiger partial charge in [0.2, 0.25) is 5.91 Å². The summed E-state index contributed by atoms with van der Waals surface area (Å²) in [4.78, 5) is 23.6. The first-order valence-corrected chi connectivity index (χ1v) is 11.3. The van der Waals surface area contributed by atoms with Crippen molar-refractivity contribution in [1.29, 1.82) is 0 Å². The van der Waals surface area contributed by atoms with Crippen molar-refractivity contribution in [1.82, 2.24) is 10.6 Å². The molecule has 4 atom stereocenters. The van der Waals surface area contributed by atoms with Crippen LogP contribution in [0.15, 0.2) is 37.0 Å².